The quantitative estimate of drug-likeness (QED) is 0.697. The Balaban J connectivity index is 2.98. The highest BCUT2D eigenvalue weighted by Crippen LogP contribution is 2.20. The number of carbonyl (C=O) groups is 1. The second-order valence-electron chi connectivity index (χ2n) is 2.89. The van der Waals surface area contributed by atoms with Crippen molar-refractivity contribution in [2.24, 2.45) is 0 Å². The Morgan fingerprint density at radius 1 is 1.47 bits per heavy atom. The molecule has 0 aliphatic rings. The van der Waals surface area contributed by atoms with Crippen LogP contribution in [0.2, 0.25) is 0 Å². The van der Waals surface area contributed by atoms with Crippen LogP contribution in [-0.2, 0) is 16.0 Å². The van der Waals surface area contributed by atoms with Crippen molar-refractivity contribution in [1.82, 2.24) is 0 Å². The van der Waals surface area contributed by atoms with Crippen LogP contribution < -0.4 is 4.74 Å². The molecule has 15 heavy (non-hydrogen) atoms. The zero-order valence-corrected chi connectivity index (χ0v) is 8.61. The van der Waals surface area contributed by atoms with Crippen molar-refractivity contribution in [3.63, 3.8) is 0 Å². The molecule has 1 aromatic rings. The first-order chi connectivity index (χ1) is 7.21. The number of carbonyl (C=O) groups excluding carboxylic acids is 1. The van der Waals surface area contributed by atoms with E-state index in [0.717, 1.165) is 0 Å². The molecule has 0 fully saturated rings. The highest BCUT2D eigenvalue weighted by atomic mass is 16.5. The molecular weight excluding hydrogens is 194 g/mol. The van der Waals surface area contributed by atoms with Gasteiger partial charge >= 0.3 is 5.97 Å². The maximum atomic E-state index is 11.1. The predicted octanol–water partition coefficient (Wildman–Crippen LogP) is 1.28. The second-order valence-corrected chi connectivity index (χ2v) is 2.89. The van der Waals surface area contributed by atoms with Crippen LogP contribution in [0.15, 0.2) is 18.2 Å². The van der Waals surface area contributed by atoms with Gasteiger partial charge in [0.15, 0.2) is 0 Å². The molecule has 0 radical (unpaired) electrons. The smallest absolute Gasteiger partial charge is 0.310 e. The number of hydrogen-bond donors (Lipinski definition) is 0. The molecule has 4 nitrogen and oxygen atoms in total. The lowest BCUT2D eigenvalue weighted by Crippen LogP contribution is -2.05. The first-order valence-corrected chi connectivity index (χ1v) is 4.35. The largest absolute Gasteiger partial charge is 0.496 e. The molecule has 0 saturated carbocycles. The number of hydrogen-bond acceptors (Lipinski definition) is 4. The Morgan fingerprint density at radius 2 is 2.20 bits per heavy atom. The van der Waals surface area contributed by atoms with Crippen molar-refractivity contribution in [2.75, 3.05) is 14.2 Å². The SMILES string of the molecule is COC(=O)Cc1ccc(C#N)cc1OC. The van der Waals surface area contributed by atoms with E-state index in [9.17, 15) is 4.79 Å². The molecule has 0 aliphatic heterocycles. The van der Waals surface area contributed by atoms with E-state index in [1.54, 1.807) is 18.2 Å². The lowest BCUT2D eigenvalue weighted by Gasteiger charge is -2.07. The van der Waals surface area contributed by atoms with Crippen molar-refractivity contribution in [3.05, 3.63) is 29.3 Å². The molecule has 0 aromatic heterocycles. The van der Waals surface area contributed by atoms with E-state index in [1.807, 2.05) is 6.07 Å². The summed E-state index contributed by atoms with van der Waals surface area (Å²) in [7, 11) is 2.83. The van der Waals surface area contributed by atoms with Crippen molar-refractivity contribution in [2.45, 2.75) is 6.42 Å². The van der Waals surface area contributed by atoms with Gasteiger partial charge in [-0.1, -0.05) is 6.07 Å². The summed E-state index contributed by atoms with van der Waals surface area (Å²) in [6.07, 6.45) is 0.144. The summed E-state index contributed by atoms with van der Waals surface area (Å²) < 4.78 is 9.63. The molecule has 0 heterocycles. The van der Waals surface area contributed by atoms with E-state index in [2.05, 4.69) is 4.74 Å². The Morgan fingerprint density at radius 3 is 2.73 bits per heavy atom. The van der Waals surface area contributed by atoms with Gasteiger partial charge in [-0.25, -0.2) is 0 Å². The minimum Gasteiger partial charge on any atom is -0.496 e. The first kappa shape index (κ1) is 11.1. The van der Waals surface area contributed by atoms with Crippen LogP contribution in [0.5, 0.6) is 5.75 Å². The van der Waals surface area contributed by atoms with Crippen molar-refractivity contribution < 1.29 is 14.3 Å². The normalized spacial score (nSPS) is 9.13. The van der Waals surface area contributed by atoms with Gasteiger partial charge in [-0.2, -0.15) is 5.26 Å². The number of rotatable bonds is 3. The molecule has 0 bridgehead atoms. The van der Waals surface area contributed by atoms with E-state index in [0.29, 0.717) is 16.9 Å². The number of ether oxygens (including phenoxy) is 2. The van der Waals surface area contributed by atoms with E-state index < -0.39 is 0 Å². The molecule has 1 aromatic carbocycles. The van der Waals surface area contributed by atoms with Gasteiger partial charge in [0, 0.05) is 5.56 Å². The van der Waals surface area contributed by atoms with E-state index in [-0.39, 0.29) is 12.4 Å². The lowest BCUT2D eigenvalue weighted by atomic mass is 10.1. The summed E-state index contributed by atoms with van der Waals surface area (Å²) in [5.41, 5.74) is 1.21. The Kier molecular flexibility index (Phi) is 3.69. The molecule has 0 spiro atoms. The zero-order valence-electron chi connectivity index (χ0n) is 8.61. The molecule has 1 rings (SSSR count). The van der Waals surface area contributed by atoms with E-state index in [1.165, 1.54) is 14.2 Å². The van der Waals surface area contributed by atoms with Gasteiger partial charge in [0.1, 0.15) is 5.75 Å². The third-order valence-electron chi connectivity index (χ3n) is 1.98. The minimum atomic E-state index is -0.335. The predicted molar refractivity (Wildman–Crippen MR) is 53.4 cm³/mol. The van der Waals surface area contributed by atoms with Gasteiger partial charge in [0.05, 0.1) is 32.3 Å². The summed E-state index contributed by atoms with van der Waals surface area (Å²) in [5, 5.41) is 8.68. The number of methoxy groups -OCH3 is 2. The Labute approximate surface area is 88.0 Å². The van der Waals surface area contributed by atoms with Gasteiger partial charge < -0.3 is 9.47 Å². The van der Waals surface area contributed by atoms with Gasteiger partial charge in [-0.3, -0.25) is 4.79 Å². The summed E-state index contributed by atoms with van der Waals surface area (Å²) >= 11 is 0. The Hall–Kier alpha value is -2.02. The third-order valence-corrected chi connectivity index (χ3v) is 1.98. The lowest BCUT2D eigenvalue weighted by molar-refractivity contribution is -0.139. The fourth-order valence-electron chi connectivity index (χ4n) is 1.19. The van der Waals surface area contributed by atoms with Crippen LogP contribution in [0.3, 0.4) is 0 Å². The van der Waals surface area contributed by atoms with Crippen LogP contribution in [0.1, 0.15) is 11.1 Å². The molecule has 4 heteroatoms. The molecule has 0 unspecified atom stereocenters. The van der Waals surface area contributed by atoms with E-state index in [4.69, 9.17) is 10.00 Å². The topological polar surface area (TPSA) is 59.3 Å². The highest BCUT2D eigenvalue weighted by molar-refractivity contribution is 5.73. The first-order valence-electron chi connectivity index (χ1n) is 4.35. The van der Waals surface area contributed by atoms with Crippen LogP contribution in [0.4, 0.5) is 0 Å². The second kappa shape index (κ2) is 5.01. The number of nitriles is 1. The average molecular weight is 205 g/mol. The monoisotopic (exact) mass is 205 g/mol. The fraction of sp³-hybridized carbons (Fsp3) is 0.273. The summed E-state index contributed by atoms with van der Waals surface area (Å²) in [6.45, 7) is 0. The van der Waals surface area contributed by atoms with Gasteiger partial charge in [-0.15, -0.1) is 0 Å². The summed E-state index contributed by atoms with van der Waals surface area (Å²) in [5.74, 6) is 0.192. The molecule has 0 atom stereocenters. The van der Waals surface area contributed by atoms with Crippen LogP contribution in [0.25, 0.3) is 0 Å². The van der Waals surface area contributed by atoms with Gasteiger partial charge in [0.2, 0.25) is 0 Å². The highest BCUT2D eigenvalue weighted by Gasteiger charge is 2.09. The standard InChI is InChI=1S/C11H11NO3/c1-14-10-5-8(7-12)3-4-9(10)6-11(13)15-2/h3-5H,6H2,1-2H3. The van der Waals surface area contributed by atoms with Crippen molar-refractivity contribution >= 4 is 5.97 Å². The fourth-order valence-corrected chi connectivity index (χ4v) is 1.19. The number of benzene rings is 1. The van der Waals surface area contributed by atoms with Crippen molar-refractivity contribution in [1.29, 1.82) is 5.26 Å². The van der Waals surface area contributed by atoms with Gasteiger partial charge in [-0.05, 0) is 12.1 Å². The number of nitrogens with zero attached hydrogens (tertiary/aromatic N) is 1. The zero-order chi connectivity index (χ0) is 11.3. The molecule has 0 N–H and O–H groups in total. The van der Waals surface area contributed by atoms with Crippen LogP contribution in [-0.4, -0.2) is 20.2 Å². The molecule has 78 valence electrons. The van der Waals surface area contributed by atoms with Crippen LogP contribution >= 0.6 is 0 Å². The average Bonchev–Trinajstić information content (AvgIpc) is 2.29. The maximum Gasteiger partial charge on any atom is 0.310 e. The summed E-state index contributed by atoms with van der Waals surface area (Å²) in [6, 6.07) is 6.92. The van der Waals surface area contributed by atoms with E-state index >= 15 is 0 Å². The van der Waals surface area contributed by atoms with Crippen molar-refractivity contribution in [3.8, 4) is 11.8 Å². The summed E-state index contributed by atoms with van der Waals surface area (Å²) in [4.78, 5) is 11.1. The van der Waals surface area contributed by atoms with Crippen LogP contribution in [0, 0.1) is 11.3 Å². The molecule has 0 saturated heterocycles. The van der Waals surface area contributed by atoms with Gasteiger partial charge in [0.25, 0.3) is 0 Å². The Bertz CT molecular complexity index is 407. The molecule has 0 amide bonds. The number of esters is 1. The minimum absolute atomic E-state index is 0.144. The maximum absolute atomic E-state index is 11.1. The molecule has 0 aliphatic carbocycles. The molecular formula is C11H11NO3. The third kappa shape index (κ3) is 2.71.